The van der Waals surface area contributed by atoms with E-state index in [2.05, 4.69) is 0 Å². The number of rotatable bonds is 2. The van der Waals surface area contributed by atoms with Crippen LogP contribution in [0, 0.1) is 5.41 Å². The molecule has 0 saturated carbocycles. The third-order valence-corrected chi connectivity index (χ3v) is 3.66. The Morgan fingerprint density at radius 3 is 2.19 bits per heavy atom. The van der Waals surface area contributed by atoms with Crippen LogP contribution in [0.15, 0.2) is 0 Å². The standard InChI is InChI=1S/C11H20N2O3/c1-10(2,3)11(4,9(15)16)13-6-5-7(12)8(13)14/h7H,5-6,12H2,1-4H3,(H,15,16)/t7-,11-/m1/s1. The number of carboxylic acid groups (broad SMARTS) is 1. The van der Waals surface area contributed by atoms with Gasteiger partial charge in [-0.3, -0.25) is 4.79 Å². The number of carbonyl (C=O) groups excluding carboxylic acids is 1. The van der Waals surface area contributed by atoms with Gasteiger partial charge in [0.05, 0.1) is 6.04 Å². The lowest BCUT2D eigenvalue weighted by Crippen LogP contribution is -2.61. The van der Waals surface area contributed by atoms with E-state index in [1.807, 2.05) is 20.8 Å². The van der Waals surface area contributed by atoms with Crippen molar-refractivity contribution in [1.82, 2.24) is 4.90 Å². The molecule has 0 aromatic rings. The number of carbonyl (C=O) groups is 2. The molecule has 0 aromatic carbocycles. The van der Waals surface area contributed by atoms with Crippen molar-refractivity contribution in [2.24, 2.45) is 11.1 Å². The van der Waals surface area contributed by atoms with E-state index in [1.165, 1.54) is 4.90 Å². The van der Waals surface area contributed by atoms with Crippen LogP contribution in [0.25, 0.3) is 0 Å². The SMILES string of the molecule is CC(C)(C)[C@@](C)(C(=O)O)N1CC[C@@H](N)C1=O. The second kappa shape index (κ2) is 3.73. The molecule has 5 heteroatoms. The minimum atomic E-state index is -1.21. The van der Waals surface area contributed by atoms with Crippen LogP contribution in [-0.4, -0.2) is 40.0 Å². The second-order valence-corrected chi connectivity index (χ2v) is 5.51. The van der Waals surface area contributed by atoms with Gasteiger partial charge in [0.15, 0.2) is 0 Å². The predicted octanol–water partition coefficient (Wildman–Crippen LogP) is 0.435. The lowest BCUT2D eigenvalue weighted by Gasteiger charge is -2.44. The third kappa shape index (κ3) is 1.69. The molecule has 92 valence electrons. The van der Waals surface area contributed by atoms with Crippen molar-refractivity contribution in [3.8, 4) is 0 Å². The van der Waals surface area contributed by atoms with Crippen molar-refractivity contribution in [2.45, 2.75) is 45.7 Å². The molecule has 5 nitrogen and oxygen atoms in total. The van der Waals surface area contributed by atoms with Crippen molar-refractivity contribution < 1.29 is 14.7 Å². The fourth-order valence-corrected chi connectivity index (χ4v) is 1.99. The van der Waals surface area contributed by atoms with E-state index in [0.29, 0.717) is 13.0 Å². The molecule has 1 aliphatic heterocycles. The summed E-state index contributed by atoms with van der Waals surface area (Å²) in [7, 11) is 0. The zero-order chi connectivity index (χ0) is 12.7. The van der Waals surface area contributed by atoms with E-state index >= 15 is 0 Å². The Morgan fingerprint density at radius 1 is 1.44 bits per heavy atom. The molecule has 1 amide bonds. The predicted molar refractivity (Wildman–Crippen MR) is 59.8 cm³/mol. The highest BCUT2D eigenvalue weighted by atomic mass is 16.4. The molecule has 0 radical (unpaired) electrons. The molecule has 3 N–H and O–H groups in total. The zero-order valence-electron chi connectivity index (χ0n) is 10.3. The Kier molecular flexibility index (Phi) is 3.02. The van der Waals surface area contributed by atoms with Crippen molar-refractivity contribution in [3.63, 3.8) is 0 Å². The number of nitrogens with zero attached hydrogens (tertiary/aromatic N) is 1. The topological polar surface area (TPSA) is 83.6 Å². The molecular formula is C11H20N2O3. The van der Waals surface area contributed by atoms with Crippen LogP contribution in [0.4, 0.5) is 0 Å². The molecule has 0 aromatic heterocycles. The Bertz CT molecular complexity index is 322. The lowest BCUT2D eigenvalue weighted by atomic mass is 9.73. The van der Waals surface area contributed by atoms with Crippen LogP contribution in [0.3, 0.4) is 0 Å². The molecule has 1 heterocycles. The van der Waals surface area contributed by atoms with Crippen LogP contribution >= 0.6 is 0 Å². The summed E-state index contributed by atoms with van der Waals surface area (Å²) in [4.78, 5) is 24.7. The monoisotopic (exact) mass is 228 g/mol. The van der Waals surface area contributed by atoms with Gasteiger partial charge in [-0.25, -0.2) is 4.79 Å². The van der Waals surface area contributed by atoms with Gasteiger partial charge in [0, 0.05) is 6.54 Å². The summed E-state index contributed by atoms with van der Waals surface area (Å²) in [6, 6.07) is -0.555. The van der Waals surface area contributed by atoms with Gasteiger partial charge in [0.1, 0.15) is 5.54 Å². The maximum absolute atomic E-state index is 11.8. The minimum Gasteiger partial charge on any atom is -0.479 e. The maximum atomic E-state index is 11.8. The van der Waals surface area contributed by atoms with E-state index in [9.17, 15) is 14.7 Å². The van der Waals surface area contributed by atoms with Crippen LogP contribution < -0.4 is 5.73 Å². The van der Waals surface area contributed by atoms with Gasteiger partial charge in [-0.1, -0.05) is 20.8 Å². The Morgan fingerprint density at radius 2 is 1.94 bits per heavy atom. The zero-order valence-corrected chi connectivity index (χ0v) is 10.3. The number of amides is 1. The Labute approximate surface area is 95.6 Å². The number of aliphatic carboxylic acids is 1. The minimum absolute atomic E-state index is 0.264. The summed E-state index contributed by atoms with van der Waals surface area (Å²) < 4.78 is 0. The highest BCUT2D eigenvalue weighted by molar-refractivity contribution is 5.91. The maximum Gasteiger partial charge on any atom is 0.329 e. The van der Waals surface area contributed by atoms with Gasteiger partial charge in [-0.15, -0.1) is 0 Å². The summed E-state index contributed by atoms with van der Waals surface area (Å²) in [5, 5.41) is 9.40. The molecule has 1 saturated heterocycles. The summed E-state index contributed by atoms with van der Waals surface area (Å²) in [6.45, 7) is 7.46. The van der Waals surface area contributed by atoms with Crippen LogP contribution in [0.1, 0.15) is 34.1 Å². The van der Waals surface area contributed by atoms with E-state index < -0.39 is 23.0 Å². The van der Waals surface area contributed by atoms with Gasteiger partial charge in [-0.2, -0.15) is 0 Å². The summed E-state index contributed by atoms with van der Waals surface area (Å²) >= 11 is 0. The van der Waals surface area contributed by atoms with Gasteiger partial charge < -0.3 is 15.7 Å². The molecule has 1 fully saturated rings. The first-order chi connectivity index (χ1) is 7.12. The number of hydrogen-bond acceptors (Lipinski definition) is 3. The Balaban J connectivity index is 3.15. The third-order valence-electron chi connectivity index (χ3n) is 3.66. The highest BCUT2D eigenvalue weighted by Crippen LogP contribution is 2.38. The molecular weight excluding hydrogens is 208 g/mol. The van der Waals surface area contributed by atoms with E-state index in [-0.39, 0.29) is 5.91 Å². The van der Waals surface area contributed by atoms with Crippen LogP contribution in [0.5, 0.6) is 0 Å². The van der Waals surface area contributed by atoms with Crippen molar-refractivity contribution in [2.75, 3.05) is 6.54 Å². The molecule has 0 bridgehead atoms. The number of likely N-dealkylation sites (tertiary alicyclic amines) is 1. The molecule has 0 aliphatic carbocycles. The van der Waals surface area contributed by atoms with Crippen LogP contribution in [0.2, 0.25) is 0 Å². The number of carboxylic acids is 1. The summed E-state index contributed by atoms with van der Waals surface area (Å²) in [5.41, 5.74) is 3.87. The lowest BCUT2D eigenvalue weighted by molar-refractivity contribution is -0.164. The molecule has 0 spiro atoms. The number of hydrogen-bond donors (Lipinski definition) is 2. The largest absolute Gasteiger partial charge is 0.479 e. The molecule has 16 heavy (non-hydrogen) atoms. The first-order valence-electron chi connectivity index (χ1n) is 5.43. The van der Waals surface area contributed by atoms with E-state index in [4.69, 9.17) is 5.73 Å². The van der Waals surface area contributed by atoms with Gasteiger partial charge in [0.25, 0.3) is 0 Å². The molecule has 0 unspecified atom stereocenters. The average molecular weight is 228 g/mol. The van der Waals surface area contributed by atoms with Crippen molar-refractivity contribution >= 4 is 11.9 Å². The van der Waals surface area contributed by atoms with Gasteiger partial charge in [0.2, 0.25) is 5.91 Å². The quantitative estimate of drug-likeness (QED) is 0.718. The van der Waals surface area contributed by atoms with Crippen molar-refractivity contribution in [1.29, 1.82) is 0 Å². The van der Waals surface area contributed by atoms with Crippen LogP contribution in [-0.2, 0) is 9.59 Å². The first-order valence-corrected chi connectivity index (χ1v) is 5.43. The number of nitrogens with two attached hydrogens (primary N) is 1. The second-order valence-electron chi connectivity index (χ2n) is 5.51. The molecule has 1 aliphatic rings. The van der Waals surface area contributed by atoms with E-state index in [0.717, 1.165) is 0 Å². The Hall–Kier alpha value is -1.10. The average Bonchev–Trinajstić information content (AvgIpc) is 2.44. The van der Waals surface area contributed by atoms with Crippen molar-refractivity contribution in [3.05, 3.63) is 0 Å². The molecule has 1 rings (SSSR count). The molecule has 2 atom stereocenters. The normalized spacial score (nSPS) is 25.7. The first kappa shape index (κ1) is 13.0. The summed E-state index contributed by atoms with van der Waals surface area (Å²) in [6.07, 6.45) is 0.526. The van der Waals surface area contributed by atoms with Gasteiger partial charge >= 0.3 is 5.97 Å². The highest BCUT2D eigenvalue weighted by Gasteiger charge is 2.53. The van der Waals surface area contributed by atoms with E-state index in [1.54, 1.807) is 6.92 Å². The summed E-state index contributed by atoms with van der Waals surface area (Å²) in [5.74, 6) is -1.25. The smallest absolute Gasteiger partial charge is 0.329 e. The fourth-order valence-electron chi connectivity index (χ4n) is 1.99. The van der Waals surface area contributed by atoms with Gasteiger partial charge in [-0.05, 0) is 18.8 Å². The fraction of sp³-hybridized carbons (Fsp3) is 0.818.